The molecule has 0 bridgehead atoms. The molecule has 1 aromatic rings. The summed E-state index contributed by atoms with van der Waals surface area (Å²) in [6.07, 6.45) is -0.640. The molecule has 3 unspecified atom stereocenters. The highest BCUT2D eigenvalue weighted by atomic mass is 16.6. The van der Waals surface area contributed by atoms with Gasteiger partial charge in [-0.05, 0) is 13.0 Å². The van der Waals surface area contributed by atoms with Crippen molar-refractivity contribution >= 4 is 17.9 Å². The average molecular weight is 376 g/mol. The van der Waals surface area contributed by atoms with Crippen LogP contribution in [-0.4, -0.2) is 45.4 Å². The van der Waals surface area contributed by atoms with Crippen molar-refractivity contribution in [2.45, 2.75) is 25.4 Å². The van der Waals surface area contributed by atoms with Gasteiger partial charge in [-0.3, -0.25) is 0 Å². The average Bonchev–Trinajstić information content (AvgIpc) is 2.64. The molecule has 0 saturated carbocycles. The van der Waals surface area contributed by atoms with Crippen molar-refractivity contribution in [3.63, 3.8) is 0 Å². The van der Waals surface area contributed by atoms with Crippen molar-refractivity contribution < 1.29 is 39.2 Å². The first-order valence-electron chi connectivity index (χ1n) is 7.82. The monoisotopic (exact) mass is 376 g/mol. The lowest BCUT2D eigenvalue weighted by Gasteiger charge is -2.23. The van der Waals surface area contributed by atoms with Crippen LogP contribution in [0.1, 0.15) is 18.8 Å². The number of allylic oxidation sites excluding steroid dienone is 3. The minimum atomic E-state index is -2.19. The van der Waals surface area contributed by atoms with E-state index < -0.39 is 36.4 Å². The normalized spacial score (nSPS) is 15.0. The molecule has 0 aliphatic carbocycles. The predicted molar refractivity (Wildman–Crippen MR) is 94.5 cm³/mol. The Kier molecular flexibility index (Phi) is 8.64. The molecule has 144 valence electrons. The lowest BCUT2D eigenvalue weighted by Crippen LogP contribution is -2.45. The molecule has 0 aromatic heterocycles. The van der Waals surface area contributed by atoms with Gasteiger partial charge >= 0.3 is 17.9 Å². The first-order chi connectivity index (χ1) is 12.8. The van der Waals surface area contributed by atoms with Crippen LogP contribution in [-0.2, 0) is 23.9 Å². The molecule has 0 amide bonds. The van der Waals surface area contributed by atoms with Crippen LogP contribution in [0.5, 0.6) is 0 Å². The molecule has 0 aliphatic rings. The van der Waals surface area contributed by atoms with Crippen LogP contribution in [0.15, 0.2) is 66.8 Å². The highest BCUT2D eigenvalue weighted by Gasteiger charge is 2.40. The van der Waals surface area contributed by atoms with E-state index in [1.807, 2.05) is 0 Å². The molecule has 3 N–H and O–H groups in total. The molecule has 0 radical (unpaired) electrons. The number of rotatable bonds is 10. The summed E-state index contributed by atoms with van der Waals surface area (Å²) in [6.45, 7) is 5.05. The van der Waals surface area contributed by atoms with E-state index in [1.54, 1.807) is 25.1 Å². The summed E-state index contributed by atoms with van der Waals surface area (Å²) in [5.41, 5.74) is 0.173. The molecule has 8 heteroatoms. The molecule has 0 spiro atoms. The van der Waals surface area contributed by atoms with Gasteiger partial charge in [-0.25, -0.2) is 14.4 Å². The molecule has 27 heavy (non-hydrogen) atoms. The van der Waals surface area contributed by atoms with E-state index in [2.05, 4.69) is 6.58 Å². The van der Waals surface area contributed by atoms with Crippen molar-refractivity contribution in [3.8, 4) is 0 Å². The summed E-state index contributed by atoms with van der Waals surface area (Å²) < 4.78 is 9.78. The minimum Gasteiger partial charge on any atom is -0.479 e. The van der Waals surface area contributed by atoms with Crippen LogP contribution >= 0.6 is 0 Å². The van der Waals surface area contributed by atoms with E-state index >= 15 is 0 Å². The lowest BCUT2D eigenvalue weighted by atomic mass is 10.1. The summed E-state index contributed by atoms with van der Waals surface area (Å²) in [5, 5.41) is 28.6. The Labute approximate surface area is 155 Å². The van der Waals surface area contributed by atoms with Gasteiger partial charge in [0, 0.05) is 5.56 Å². The number of carboxylic acids is 2. The standard InChI is InChI=1S/C19H20O8/c1-3-8-12(9-4-2)18(24)26-14(16(20)21)15(17(22)23)27-19(25)13-10-6-5-7-11-13/h3-11,14-15,19,25H,1H2,2H3,(H,20,21)(H,22,23). The SMILES string of the molecule is C=CC=C(C=CC)C(=O)OC(C(=O)O)C(OC(O)c1ccccc1)C(=O)O. The molecule has 1 rings (SSSR count). The number of carboxylic acid groups (broad SMARTS) is 2. The Morgan fingerprint density at radius 1 is 1.07 bits per heavy atom. The second-order valence-corrected chi connectivity index (χ2v) is 5.18. The van der Waals surface area contributed by atoms with Gasteiger partial charge in [0.2, 0.25) is 12.2 Å². The highest BCUT2D eigenvalue weighted by molar-refractivity contribution is 5.94. The number of ether oxygens (including phenoxy) is 2. The fraction of sp³-hybridized carbons (Fsp3) is 0.211. The number of benzene rings is 1. The van der Waals surface area contributed by atoms with Crippen molar-refractivity contribution in [1.29, 1.82) is 0 Å². The van der Waals surface area contributed by atoms with Gasteiger partial charge in [0.1, 0.15) is 0 Å². The Hall–Kier alpha value is -3.23. The maximum absolute atomic E-state index is 12.2. The summed E-state index contributed by atoms with van der Waals surface area (Å²) >= 11 is 0. The number of aliphatic hydroxyl groups is 1. The third-order valence-electron chi connectivity index (χ3n) is 3.24. The van der Waals surface area contributed by atoms with Crippen LogP contribution < -0.4 is 0 Å². The number of carbonyl (C=O) groups is 3. The van der Waals surface area contributed by atoms with E-state index in [-0.39, 0.29) is 11.1 Å². The molecular formula is C19H20O8. The molecule has 0 aliphatic heterocycles. The summed E-state index contributed by atoms with van der Waals surface area (Å²) in [7, 11) is 0. The third-order valence-corrected chi connectivity index (χ3v) is 3.24. The molecule has 3 atom stereocenters. The number of carbonyl (C=O) groups excluding carboxylic acids is 1. The number of esters is 1. The van der Waals surface area contributed by atoms with Gasteiger partial charge in [-0.1, -0.05) is 55.1 Å². The van der Waals surface area contributed by atoms with Gasteiger partial charge in [0.05, 0.1) is 5.57 Å². The second-order valence-electron chi connectivity index (χ2n) is 5.18. The Morgan fingerprint density at radius 2 is 1.67 bits per heavy atom. The smallest absolute Gasteiger partial charge is 0.348 e. The minimum absolute atomic E-state index is 0.0357. The van der Waals surface area contributed by atoms with Crippen LogP contribution in [0.4, 0.5) is 0 Å². The third kappa shape index (κ3) is 6.53. The highest BCUT2D eigenvalue weighted by Crippen LogP contribution is 2.19. The lowest BCUT2D eigenvalue weighted by molar-refractivity contribution is -0.205. The second kappa shape index (κ2) is 10.7. The first-order valence-corrected chi connectivity index (χ1v) is 7.82. The molecule has 0 heterocycles. The summed E-state index contributed by atoms with van der Waals surface area (Å²) in [6, 6.07) is 7.75. The van der Waals surface area contributed by atoms with Gasteiger partial charge in [-0.2, -0.15) is 0 Å². The molecule has 8 nitrogen and oxygen atoms in total. The maximum atomic E-state index is 12.2. The zero-order chi connectivity index (χ0) is 20.4. The number of aliphatic carboxylic acids is 2. The van der Waals surface area contributed by atoms with Crippen molar-refractivity contribution in [3.05, 3.63) is 72.4 Å². The number of aliphatic hydroxyl groups excluding tert-OH is 1. The van der Waals surface area contributed by atoms with E-state index in [1.165, 1.54) is 36.4 Å². The largest absolute Gasteiger partial charge is 0.479 e. The number of hydrogen-bond acceptors (Lipinski definition) is 6. The topological polar surface area (TPSA) is 130 Å². The fourth-order valence-electron chi connectivity index (χ4n) is 2.02. The van der Waals surface area contributed by atoms with Crippen LogP contribution in [0.25, 0.3) is 0 Å². The van der Waals surface area contributed by atoms with Crippen LogP contribution in [0.2, 0.25) is 0 Å². The molecule has 0 fully saturated rings. The predicted octanol–water partition coefficient (Wildman–Crippen LogP) is 1.83. The van der Waals surface area contributed by atoms with E-state index in [4.69, 9.17) is 9.47 Å². The Bertz CT molecular complexity index is 735. The Morgan fingerprint density at radius 3 is 2.15 bits per heavy atom. The number of hydrogen-bond donors (Lipinski definition) is 3. The summed E-state index contributed by atoms with van der Waals surface area (Å²) in [5.74, 6) is -4.54. The quantitative estimate of drug-likeness (QED) is 0.244. The van der Waals surface area contributed by atoms with Crippen LogP contribution in [0, 0.1) is 0 Å². The first kappa shape index (κ1) is 21.8. The van der Waals surface area contributed by atoms with Crippen molar-refractivity contribution in [2.75, 3.05) is 0 Å². The van der Waals surface area contributed by atoms with Crippen LogP contribution in [0.3, 0.4) is 0 Å². The van der Waals surface area contributed by atoms with E-state index in [9.17, 15) is 29.7 Å². The molecule has 1 aromatic carbocycles. The van der Waals surface area contributed by atoms with E-state index in [0.717, 1.165) is 0 Å². The fourth-order valence-corrected chi connectivity index (χ4v) is 2.02. The van der Waals surface area contributed by atoms with Crippen molar-refractivity contribution in [2.24, 2.45) is 0 Å². The van der Waals surface area contributed by atoms with Gasteiger partial charge < -0.3 is 24.8 Å². The molecule has 0 saturated heterocycles. The molecular weight excluding hydrogens is 356 g/mol. The zero-order valence-corrected chi connectivity index (χ0v) is 14.5. The Balaban J connectivity index is 3.07. The van der Waals surface area contributed by atoms with Gasteiger partial charge in [-0.15, -0.1) is 0 Å². The van der Waals surface area contributed by atoms with Gasteiger partial charge in [0.15, 0.2) is 6.29 Å². The van der Waals surface area contributed by atoms with Crippen molar-refractivity contribution in [1.82, 2.24) is 0 Å². The van der Waals surface area contributed by atoms with E-state index in [0.29, 0.717) is 0 Å². The summed E-state index contributed by atoms with van der Waals surface area (Å²) in [4.78, 5) is 35.1. The zero-order valence-electron chi connectivity index (χ0n) is 14.5. The van der Waals surface area contributed by atoms with Gasteiger partial charge in [0.25, 0.3) is 0 Å². The maximum Gasteiger partial charge on any atom is 0.348 e.